The van der Waals surface area contributed by atoms with E-state index in [0.29, 0.717) is 23.8 Å². The summed E-state index contributed by atoms with van der Waals surface area (Å²) in [6.45, 7) is 0.456. The summed E-state index contributed by atoms with van der Waals surface area (Å²) in [7, 11) is -0.478. The van der Waals surface area contributed by atoms with Gasteiger partial charge in [-0.05, 0) is 6.07 Å². The lowest BCUT2D eigenvalue weighted by Gasteiger charge is -2.27. The minimum atomic E-state index is -3.37. The summed E-state index contributed by atoms with van der Waals surface area (Å²) >= 11 is 6.08. The molecule has 0 unspecified atom stereocenters. The summed E-state index contributed by atoms with van der Waals surface area (Å²) in [4.78, 5) is 12.0. The number of para-hydroxylation sites is 1. The average molecular weight is 347 g/mol. The van der Waals surface area contributed by atoms with Crippen LogP contribution in [0.15, 0.2) is 18.2 Å². The minimum Gasteiger partial charge on any atom is -0.492 e. The molecule has 0 saturated carbocycles. The molecule has 0 fully saturated rings. The Morgan fingerprint density at radius 1 is 1.45 bits per heavy atom. The lowest BCUT2D eigenvalue weighted by molar-refractivity contribution is -0.121. The van der Waals surface area contributed by atoms with E-state index in [-0.39, 0.29) is 24.1 Å². The highest BCUT2D eigenvalue weighted by atomic mass is 35.5. The lowest BCUT2D eigenvalue weighted by Crippen LogP contribution is -2.34. The van der Waals surface area contributed by atoms with E-state index in [0.717, 1.165) is 9.87 Å². The molecule has 1 aliphatic rings. The van der Waals surface area contributed by atoms with Crippen molar-refractivity contribution in [3.05, 3.63) is 28.8 Å². The molecule has 1 aromatic rings. The number of hydrogen-bond acceptors (Lipinski definition) is 4. The van der Waals surface area contributed by atoms with Gasteiger partial charge in [-0.1, -0.05) is 23.7 Å². The SMILES string of the molecule is CN(C)S(=O)(=O)CCC(=O)N[C@@H]1CCOc2c(Cl)cccc21. The third-order valence-electron chi connectivity index (χ3n) is 3.50. The van der Waals surface area contributed by atoms with Crippen molar-refractivity contribution < 1.29 is 17.9 Å². The minimum absolute atomic E-state index is 0.0756. The van der Waals surface area contributed by atoms with Crippen molar-refractivity contribution in [3.63, 3.8) is 0 Å². The fourth-order valence-corrected chi connectivity index (χ4v) is 3.25. The predicted octanol–water partition coefficient (Wildman–Crippen LogP) is 1.56. The number of halogens is 1. The van der Waals surface area contributed by atoms with Crippen molar-refractivity contribution in [2.45, 2.75) is 18.9 Å². The summed E-state index contributed by atoms with van der Waals surface area (Å²) in [5.41, 5.74) is 0.822. The number of ether oxygens (including phenoxy) is 1. The largest absolute Gasteiger partial charge is 0.492 e. The first-order chi connectivity index (χ1) is 10.3. The smallest absolute Gasteiger partial charge is 0.221 e. The first-order valence-electron chi connectivity index (χ1n) is 6.92. The summed E-state index contributed by atoms with van der Waals surface area (Å²) in [6.07, 6.45) is 0.549. The Balaban J connectivity index is 2.01. The van der Waals surface area contributed by atoms with Gasteiger partial charge in [0.2, 0.25) is 15.9 Å². The monoisotopic (exact) mass is 346 g/mol. The molecule has 1 heterocycles. The summed E-state index contributed by atoms with van der Waals surface area (Å²) < 4.78 is 30.0. The third-order valence-corrected chi connectivity index (χ3v) is 5.63. The van der Waals surface area contributed by atoms with E-state index in [4.69, 9.17) is 16.3 Å². The molecule has 8 heteroatoms. The normalized spacial score (nSPS) is 17.7. The number of carbonyl (C=O) groups is 1. The maximum Gasteiger partial charge on any atom is 0.221 e. The second-order valence-electron chi connectivity index (χ2n) is 5.26. The molecular formula is C14H19ClN2O4S. The van der Waals surface area contributed by atoms with Crippen LogP contribution in [0.1, 0.15) is 24.4 Å². The van der Waals surface area contributed by atoms with Gasteiger partial charge >= 0.3 is 0 Å². The van der Waals surface area contributed by atoms with Gasteiger partial charge in [0.1, 0.15) is 5.75 Å². The molecule has 0 saturated heterocycles. The highest BCUT2D eigenvalue weighted by molar-refractivity contribution is 7.89. The van der Waals surface area contributed by atoms with Gasteiger partial charge in [-0.3, -0.25) is 4.79 Å². The van der Waals surface area contributed by atoms with Crippen molar-refractivity contribution in [3.8, 4) is 5.75 Å². The fourth-order valence-electron chi connectivity index (χ4n) is 2.21. The van der Waals surface area contributed by atoms with Gasteiger partial charge in [0.15, 0.2) is 0 Å². The van der Waals surface area contributed by atoms with Crippen LogP contribution in [0.3, 0.4) is 0 Å². The molecule has 122 valence electrons. The number of carbonyl (C=O) groups excluding carboxylic acids is 1. The van der Waals surface area contributed by atoms with Crippen molar-refractivity contribution in [2.75, 3.05) is 26.5 Å². The Bertz CT molecular complexity index is 661. The molecular weight excluding hydrogens is 328 g/mol. The molecule has 1 aromatic carbocycles. The first kappa shape index (κ1) is 17.1. The standard InChI is InChI=1S/C14H19ClN2O4S/c1-17(2)22(19,20)9-7-13(18)16-12-6-8-21-14-10(12)4-3-5-11(14)15/h3-5,12H,6-9H2,1-2H3,(H,16,18)/t12-/m1/s1. The molecule has 0 aromatic heterocycles. The van der Waals surface area contributed by atoms with E-state index < -0.39 is 10.0 Å². The number of nitrogens with zero attached hydrogens (tertiary/aromatic N) is 1. The van der Waals surface area contributed by atoms with E-state index in [1.54, 1.807) is 12.1 Å². The molecule has 1 amide bonds. The number of amides is 1. The predicted molar refractivity (Wildman–Crippen MR) is 84.5 cm³/mol. The molecule has 1 N–H and O–H groups in total. The Morgan fingerprint density at radius 3 is 2.86 bits per heavy atom. The Morgan fingerprint density at radius 2 is 2.18 bits per heavy atom. The van der Waals surface area contributed by atoms with Crippen LogP contribution in [0.2, 0.25) is 5.02 Å². The zero-order chi connectivity index (χ0) is 16.3. The molecule has 0 spiro atoms. The zero-order valence-corrected chi connectivity index (χ0v) is 14.1. The molecule has 1 atom stereocenters. The van der Waals surface area contributed by atoms with Gasteiger partial charge < -0.3 is 10.1 Å². The summed E-state index contributed by atoms with van der Waals surface area (Å²) in [5, 5.41) is 3.36. The van der Waals surface area contributed by atoms with Crippen LogP contribution in [-0.2, 0) is 14.8 Å². The quantitative estimate of drug-likeness (QED) is 0.878. The van der Waals surface area contributed by atoms with Crippen LogP contribution in [-0.4, -0.2) is 45.1 Å². The lowest BCUT2D eigenvalue weighted by atomic mass is 10.0. The van der Waals surface area contributed by atoms with Gasteiger partial charge in [0.05, 0.1) is 23.4 Å². The van der Waals surface area contributed by atoms with Gasteiger partial charge in [0, 0.05) is 32.5 Å². The maximum atomic E-state index is 12.0. The molecule has 22 heavy (non-hydrogen) atoms. The van der Waals surface area contributed by atoms with Gasteiger partial charge in [-0.2, -0.15) is 0 Å². The number of sulfonamides is 1. The maximum absolute atomic E-state index is 12.0. The number of fused-ring (bicyclic) bond motifs is 1. The van der Waals surface area contributed by atoms with Gasteiger partial charge in [-0.15, -0.1) is 0 Å². The second kappa shape index (κ2) is 6.85. The second-order valence-corrected chi connectivity index (χ2v) is 7.97. The Labute approximate surface area is 135 Å². The van der Waals surface area contributed by atoms with E-state index in [9.17, 15) is 13.2 Å². The molecule has 0 aliphatic carbocycles. The van der Waals surface area contributed by atoms with Crippen molar-refractivity contribution in [1.29, 1.82) is 0 Å². The van der Waals surface area contributed by atoms with Crippen LogP contribution in [0, 0.1) is 0 Å². The van der Waals surface area contributed by atoms with E-state index in [2.05, 4.69) is 5.32 Å². The van der Waals surface area contributed by atoms with E-state index in [1.165, 1.54) is 14.1 Å². The van der Waals surface area contributed by atoms with E-state index in [1.807, 2.05) is 6.07 Å². The first-order valence-corrected chi connectivity index (χ1v) is 8.91. The number of benzene rings is 1. The van der Waals surface area contributed by atoms with Gasteiger partial charge in [-0.25, -0.2) is 12.7 Å². The van der Waals surface area contributed by atoms with Crippen molar-refractivity contribution in [2.24, 2.45) is 0 Å². The zero-order valence-electron chi connectivity index (χ0n) is 12.5. The highest BCUT2D eigenvalue weighted by Gasteiger charge is 2.25. The van der Waals surface area contributed by atoms with Crippen LogP contribution >= 0.6 is 11.6 Å². The molecule has 2 rings (SSSR count). The summed E-state index contributed by atoms with van der Waals surface area (Å²) in [6, 6.07) is 5.17. The van der Waals surface area contributed by atoms with Crippen LogP contribution in [0.25, 0.3) is 0 Å². The number of nitrogens with one attached hydrogen (secondary N) is 1. The Hall–Kier alpha value is -1.31. The Kier molecular flexibility index (Phi) is 5.31. The van der Waals surface area contributed by atoms with Crippen molar-refractivity contribution >= 4 is 27.5 Å². The summed E-state index contributed by atoms with van der Waals surface area (Å²) in [5.74, 6) is 0.0714. The van der Waals surface area contributed by atoms with E-state index >= 15 is 0 Å². The van der Waals surface area contributed by atoms with Crippen LogP contribution in [0.5, 0.6) is 5.75 Å². The highest BCUT2D eigenvalue weighted by Crippen LogP contribution is 2.37. The number of hydrogen-bond donors (Lipinski definition) is 1. The molecule has 6 nitrogen and oxygen atoms in total. The molecule has 0 radical (unpaired) electrons. The molecule has 0 bridgehead atoms. The van der Waals surface area contributed by atoms with Crippen LogP contribution in [0.4, 0.5) is 0 Å². The molecule has 1 aliphatic heterocycles. The third kappa shape index (κ3) is 3.91. The topological polar surface area (TPSA) is 75.7 Å². The van der Waals surface area contributed by atoms with Crippen molar-refractivity contribution in [1.82, 2.24) is 9.62 Å². The number of rotatable bonds is 5. The van der Waals surface area contributed by atoms with Gasteiger partial charge in [0.25, 0.3) is 0 Å². The average Bonchev–Trinajstić information content (AvgIpc) is 2.46. The van der Waals surface area contributed by atoms with Crippen LogP contribution < -0.4 is 10.1 Å². The fraction of sp³-hybridized carbons (Fsp3) is 0.500.